The smallest absolute Gasteiger partial charge is 0.288 e. The first-order chi connectivity index (χ1) is 9.36. The number of benzene rings is 1. The quantitative estimate of drug-likeness (QED) is 0.905. The highest BCUT2D eigenvalue weighted by molar-refractivity contribution is 9.10. The van der Waals surface area contributed by atoms with Gasteiger partial charge in [0.05, 0.1) is 0 Å². The van der Waals surface area contributed by atoms with E-state index in [-0.39, 0.29) is 25.3 Å². The van der Waals surface area contributed by atoms with Gasteiger partial charge < -0.3 is 0 Å². The number of alkyl halides is 3. The number of amides is 1. The van der Waals surface area contributed by atoms with Crippen LogP contribution in [0, 0.1) is 0 Å². The van der Waals surface area contributed by atoms with Gasteiger partial charge in [0.2, 0.25) is 5.91 Å². The number of hydrogen-bond donors (Lipinski definition) is 1. The van der Waals surface area contributed by atoms with Crippen LogP contribution in [0.2, 0.25) is 0 Å². The van der Waals surface area contributed by atoms with E-state index < -0.39 is 12.2 Å². The van der Waals surface area contributed by atoms with Crippen LogP contribution >= 0.6 is 15.9 Å². The summed E-state index contributed by atoms with van der Waals surface area (Å²) in [4.78, 5) is 11.1. The maximum Gasteiger partial charge on any atom is 0.405 e. The number of rotatable bonds is 4. The van der Waals surface area contributed by atoms with Crippen molar-refractivity contribution in [2.24, 2.45) is 0 Å². The summed E-state index contributed by atoms with van der Waals surface area (Å²) in [6.45, 7) is 0.0987. The molecule has 1 fully saturated rings. The fraction of sp³-hybridized carbons (Fsp3) is 0.462. The van der Waals surface area contributed by atoms with E-state index in [0.717, 1.165) is 15.0 Å². The molecule has 0 aliphatic carbocycles. The second-order valence-corrected chi connectivity index (χ2v) is 5.62. The average molecular weight is 351 g/mol. The first-order valence-corrected chi connectivity index (χ1v) is 7.03. The van der Waals surface area contributed by atoms with E-state index in [1.54, 1.807) is 18.2 Å². The number of aryl methyl sites for hydroxylation is 1. The molecule has 1 N–H and O–H groups in total. The van der Waals surface area contributed by atoms with Crippen LogP contribution in [0.4, 0.5) is 13.2 Å². The summed E-state index contributed by atoms with van der Waals surface area (Å²) in [7, 11) is 0. The van der Waals surface area contributed by atoms with Crippen LogP contribution in [-0.2, 0) is 11.2 Å². The Morgan fingerprint density at radius 3 is 2.70 bits per heavy atom. The number of carbonyl (C=O) groups excluding carboxylic acids is 1. The highest BCUT2D eigenvalue weighted by Crippen LogP contribution is 2.29. The maximum absolute atomic E-state index is 13.1. The van der Waals surface area contributed by atoms with Crippen molar-refractivity contribution in [3.05, 3.63) is 34.3 Å². The van der Waals surface area contributed by atoms with Crippen LogP contribution in [0.25, 0.3) is 0 Å². The molecule has 0 radical (unpaired) electrons. The fourth-order valence-electron chi connectivity index (χ4n) is 2.22. The summed E-state index contributed by atoms with van der Waals surface area (Å²) in [5.74, 6) is -0.360. The van der Waals surface area contributed by atoms with E-state index in [1.165, 1.54) is 0 Å². The van der Waals surface area contributed by atoms with Gasteiger partial charge in [-0.15, -0.1) is 0 Å². The van der Waals surface area contributed by atoms with Crippen molar-refractivity contribution in [1.82, 2.24) is 10.4 Å². The zero-order valence-electron chi connectivity index (χ0n) is 10.6. The maximum atomic E-state index is 13.1. The summed E-state index contributed by atoms with van der Waals surface area (Å²) < 4.78 is 40.1. The van der Waals surface area contributed by atoms with Crippen molar-refractivity contribution < 1.29 is 18.0 Å². The molecular formula is C13H14BrF3N2O. The first kappa shape index (κ1) is 15.3. The van der Waals surface area contributed by atoms with E-state index in [2.05, 4.69) is 21.4 Å². The molecule has 3 nitrogen and oxygen atoms in total. The van der Waals surface area contributed by atoms with E-state index in [1.807, 2.05) is 6.07 Å². The molecule has 1 aliphatic heterocycles. The lowest BCUT2D eigenvalue weighted by Crippen LogP contribution is -2.50. The summed E-state index contributed by atoms with van der Waals surface area (Å²) in [5, 5.41) is 1.00. The molecule has 110 valence electrons. The van der Waals surface area contributed by atoms with Gasteiger partial charge in [-0.1, -0.05) is 28.1 Å². The van der Waals surface area contributed by atoms with E-state index in [9.17, 15) is 18.0 Å². The van der Waals surface area contributed by atoms with Crippen LogP contribution in [0.3, 0.4) is 0 Å². The van der Waals surface area contributed by atoms with Gasteiger partial charge in [0.25, 0.3) is 0 Å². The second-order valence-electron chi connectivity index (χ2n) is 4.70. The van der Waals surface area contributed by atoms with Crippen LogP contribution in [0.1, 0.15) is 18.4 Å². The molecule has 2 rings (SSSR count). The molecule has 1 aromatic carbocycles. The molecule has 1 atom stereocenters. The monoisotopic (exact) mass is 350 g/mol. The predicted octanol–water partition coefficient (Wildman–Crippen LogP) is 3.05. The molecule has 1 aromatic rings. The van der Waals surface area contributed by atoms with Gasteiger partial charge in [0.1, 0.15) is 6.04 Å². The molecule has 1 heterocycles. The number of nitrogens with one attached hydrogen (secondary N) is 1. The summed E-state index contributed by atoms with van der Waals surface area (Å²) in [5.41, 5.74) is 3.11. The van der Waals surface area contributed by atoms with Gasteiger partial charge in [-0.2, -0.15) is 13.2 Å². The highest BCUT2D eigenvalue weighted by atomic mass is 79.9. The molecule has 20 heavy (non-hydrogen) atoms. The normalized spacial score (nSPS) is 18.1. The third-order valence-electron chi connectivity index (χ3n) is 3.20. The molecule has 0 bridgehead atoms. The molecule has 0 spiro atoms. The van der Waals surface area contributed by atoms with Crippen LogP contribution in [0.15, 0.2) is 28.7 Å². The Hall–Kier alpha value is -1.08. The van der Waals surface area contributed by atoms with Crippen LogP contribution in [0.5, 0.6) is 0 Å². The zero-order valence-corrected chi connectivity index (χ0v) is 12.2. The van der Waals surface area contributed by atoms with Crippen LogP contribution < -0.4 is 5.43 Å². The molecule has 1 unspecified atom stereocenters. The minimum Gasteiger partial charge on any atom is -0.288 e. The van der Waals surface area contributed by atoms with E-state index in [4.69, 9.17) is 0 Å². The van der Waals surface area contributed by atoms with Crippen molar-refractivity contribution in [2.45, 2.75) is 31.5 Å². The van der Waals surface area contributed by atoms with Gasteiger partial charge in [0, 0.05) is 17.4 Å². The zero-order chi connectivity index (χ0) is 14.8. The number of hydrogen-bond acceptors (Lipinski definition) is 2. The third-order valence-corrected chi connectivity index (χ3v) is 3.69. The minimum absolute atomic E-state index is 0.0831. The lowest BCUT2D eigenvalue weighted by molar-refractivity contribution is -0.189. The lowest BCUT2D eigenvalue weighted by Gasteiger charge is -2.28. The van der Waals surface area contributed by atoms with Gasteiger partial charge in [-0.05, 0) is 30.5 Å². The molecule has 1 saturated heterocycles. The summed E-state index contributed by atoms with van der Waals surface area (Å²) >= 11 is 3.29. The Labute approximate surface area is 123 Å². The Bertz CT molecular complexity index is 493. The van der Waals surface area contributed by atoms with E-state index in [0.29, 0.717) is 6.42 Å². The van der Waals surface area contributed by atoms with Gasteiger partial charge in [-0.25, -0.2) is 5.01 Å². The van der Waals surface area contributed by atoms with Gasteiger partial charge in [-0.3, -0.25) is 10.2 Å². The first-order valence-electron chi connectivity index (χ1n) is 6.23. The Kier molecular flexibility index (Phi) is 4.70. The topological polar surface area (TPSA) is 32.3 Å². The van der Waals surface area contributed by atoms with Crippen molar-refractivity contribution in [3.8, 4) is 0 Å². The highest BCUT2D eigenvalue weighted by Gasteiger charge is 2.45. The Balaban J connectivity index is 2.03. The Morgan fingerprint density at radius 2 is 2.15 bits per heavy atom. The van der Waals surface area contributed by atoms with Crippen LogP contribution in [-0.4, -0.2) is 29.7 Å². The summed E-state index contributed by atoms with van der Waals surface area (Å²) in [6, 6.07) is 5.56. The average Bonchev–Trinajstić information content (AvgIpc) is 2.74. The largest absolute Gasteiger partial charge is 0.405 e. The number of halogens is 4. The summed E-state index contributed by atoms with van der Waals surface area (Å²) in [6.07, 6.45) is -4.02. The SMILES string of the molecule is O=C1CCN(C(CCc2cccc(Br)c2)C(F)(F)F)N1. The molecule has 1 amide bonds. The fourth-order valence-corrected chi connectivity index (χ4v) is 2.67. The van der Waals surface area contributed by atoms with Gasteiger partial charge in [0.15, 0.2) is 0 Å². The van der Waals surface area contributed by atoms with Crippen molar-refractivity contribution in [1.29, 1.82) is 0 Å². The van der Waals surface area contributed by atoms with Gasteiger partial charge >= 0.3 is 6.18 Å². The Morgan fingerprint density at radius 1 is 1.40 bits per heavy atom. The number of hydrazine groups is 1. The number of carbonyl (C=O) groups is 1. The molecule has 0 saturated carbocycles. The molecular weight excluding hydrogens is 337 g/mol. The molecule has 1 aliphatic rings. The minimum atomic E-state index is -4.36. The lowest BCUT2D eigenvalue weighted by atomic mass is 10.0. The van der Waals surface area contributed by atoms with Crippen molar-refractivity contribution in [2.75, 3.05) is 6.54 Å². The molecule has 0 aromatic heterocycles. The van der Waals surface area contributed by atoms with E-state index >= 15 is 0 Å². The second kappa shape index (κ2) is 6.13. The predicted molar refractivity (Wildman–Crippen MR) is 71.8 cm³/mol. The van der Waals surface area contributed by atoms with Crippen molar-refractivity contribution >= 4 is 21.8 Å². The standard InChI is InChI=1S/C13H14BrF3N2O/c14-10-3-1-2-9(8-10)4-5-11(13(15,16)17)19-7-6-12(20)18-19/h1-3,8,11H,4-7H2,(H,18,20). The van der Waals surface area contributed by atoms with Crippen molar-refractivity contribution in [3.63, 3.8) is 0 Å². The molecule has 7 heteroatoms. The number of nitrogens with zero attached hydrogens (tertiary/aromatic N) is 1. The third kappa shape index (κ3) is 3.96.